The molecule has 0 amide bonds. The van der Waals surface area contributed by atoms with Crippen molar-refractivity contribution < 1.29 is 0 Å². The Bertz CT molecular complexity index is 516. The quantitative estimate of drug-likeness (QED) is 0.626. The molecule has 1 heterocycles. The van der Waals surface area contributed by atoms with Crippen molar-refractivity contribution in [2.24, 2.45) is 0 Å². The van der Waals surface area contributed by atoms with Crippen LogP contribution in [0.5, 0.6) is 0 Å². The van der Waals surface area contributed by atoms with Gasteiger partial charge in [0, 0.05) is 18.8 Å². The second kappa shape index (κ2) is 2.99. The zero-order valence-electron chi connectivity index (χ0n) is 9.20. The summed E-state index contributed by atoms with van der Waals surface area (Å²) in [5.74, 6) is 0. The van der Waals surface area contributed by atoms with E-state index in [1.54, 1.807) is 0 Å². The minimum Gasteiger partial charge on any atom is -0.371 e. The standard InChI is InChI=1S/C14H15N/c1-10-9-13-12-6-4-3-5-11(12)7-8-14(13)15(10)2/h3-8,10H,9H2,1-2H3/t10-/m1/s1. The van der Waals surface area contributed by atoms with E-state index in [-0.39, 0.29) is 0 Å². The highest BCUT2D eigenvalue weighted by atomic mass is 15.1. The smallest absolute Gasteiger partial charge is 0.0405 e. The van der Waals surface area contributed by atoms with Crippen molar-refractivity contribution >= 4 is 16.5 Å². The third kappa shape index (κ3) is 1.16. The number of likely N-dealkylation sites (N-methyl/N-ethyl adjacent to an activating group) is 1. The van der Waals surface area contributed by atoms with Gasteiger partial charge in [-0.2, -0.15) is 0 Å². The molecular weight excluding hydrogens is 182 g/mol. The molecule has 0 saturated carbocycles. The van der Waals surface area contributed by atoms with Gasteiger partial charge in [0.1, 0.15) is 0 Å². The van der Waals surface area contributed by atoms with Crippen LogP contribution in [0.3, 0.4) is 0 Å². The van der Waals surface area contributed by atoms with Crippen molar-refractivity contribution in [3.8, 4) is 0 Å². The molecule has 1 aliphatic rings. The predicted octanol–water partition coefficient (Wildman–Crippen LogP) is 3.22. The second-order valence-electron chi connectivity index (χ2n) is 4.45. The maximum atomic E-state index is 2.38. The molecule has 15 heavy (non-hydrogen) atoms. The van der Waals surface area contributed by atoms with Crippen LogP contribution in [0.15, 0.2) is 36.4 Å². The van der Waals surface area contributed by atoms with Crippen molar-refractivity contribution in [1.29, 1.82) is 0 Å². The molecule has 1 nitrogen and oxygen atoms in total. The van der Waals surface area contributed by atoms with Gasteiger partial charge in [0.05, 0.1) is 0 Å². The average Bonchev–Trinajstić information content (AvgIpc) is 2.56. The molecule has 0 spiro atoms. The van der Waals surface area contributed by atoms with E-state index in [2.05, 4.69) is 55.3 Å². The average molecular weight is 197 g/mol. The maximum Gasteiger partial charge on any atom is 0.0405 e. The molecule has 0 saturated heterocycles. The molecule has 0 radical (unpaired) electrons. The zero-order valence-corrected chi connectivity index (χ0v) is 9.20. The van der Waals surface area contributed by atoms with Gasteiger partial charge in [0.25, 0.3) is 0 Å². The molecule has 0 aliphatic carbocycles. The van der Waals surface area contributed by atoms with E-state index in [1.165, 1.54) is 28.4 Å². The Kier molecular flexibility index (Phi) is 1.75. The minimum atomic E-state index is 0.630. The largest absolute Gasteiger partial charge is 0.371 e. The van der Waals surface area contributed by atoms with Crippen LogP contribution in [0.25, 0.3) is 10.8 Å². The van der Waals surface area contributed by atoms with Gasteiger partial charge in [-0.25, -0.2) is 0 Å². The van der Waals surface area contributed by atoms with Gasteiger partial charge >= 0.3 is 0 Å². The lowest BCUT2D eigenvalue weighted by Gasteiger charge is -2.18. The summed E-state index contributed by atoms with van der Waals surface area (Å²) in [6, 6.07) is 13.8. The summed E-state index contributed by atoms with van der Waals surface area (Å²) >= 11 is 0. The molecule has 0 aromatic heterocycles. The summed E-state index contributed by atoms with van der Waals surface area (Å²) in [7, 11) is 2.19. The van der Waals surface area contributed by atoms with E-state index >= 15 is 0 Å². The molecule has 1 heteroatoms. The van der Waals surface area contributed by atoms with Gasteiger partial charge in [-0.1, -0.05) is 30.3 Å². The minimum absolute atomic E-state index is 0.630. The molecule has 2 aromatic rings. The molecule has 76 valence electrons. The molecule has 3 rings (SSSR count). The topological polar surface area (TPSA) is 3.24 Å². The SMILES string of the molecule is C[C@@H]1Cc2c(ccc3ccccc23)N1C. The summed E-state index contributed by atoms with van der Waals surface area (Å²) in [5.41, 5.74) is 2.92. The number of anilines is 1. The van der Waals surface area contributed by atoms with E-state index in [4.69, 9.17) is 0 Å². The Balaban J connectivity index is 2.33. The van der Waals surface area contributed by atoms with Gasteiger partial charge in [-0.05, 0) is 35.7 Å². The molecule has 1 aliphatic heterocycles. The normalized spacial score (nSPS) is 19.6. The third-order valence-electron chi connectivity index (χ3n) is 3.56. The predicted molar refractivity (Wildman–Crippen MR) is 65.5 cm³/mol. The highest BCUT2D eigenvalue weighted by molar-refractivity contribution is 5.91. The van der Waals surface area contributed by atoms with E-state index in [0.29, 0.717) is 6.04 Å². The number of hydrogen-bond donors (Lipinski definition) is 0. The number of hydrogen-bond acceptors (Lipinski definition) is 1. The van der Waals surface area contributed by atoms with Gasteiger partial charge in [-0.3, -0.25) is 0 Å². The zero-order chi connectivity index (χ0) is 10.4. The first-order valence-electron chi connectivity index (χ1n) is 5.51. The van der Waals surface area contributed by atoms with Crippen LogP contribution >= 0.6 is 0 Å². The molecule has 2 aromatic carbocycles. The first kappa shape index (κ1) is 8.78. The summed E-state index contributed by atoms with van der Waals surface area (Å²) in [6.07, 6.45) is 1.17. The first-order valence-corrected chi connectivity index (χ1v) is 5.51. The third-order valence-corrected chi connectivity index (χ3v) is 3.56. The Morgan fingerprint density at radius 1 is 1.13 bits per heavy atom. The van der Waals surface area contributed by atoms with Crippen LogP contribution in [0, 0.1) is 0 Å². The lowest BCUT2D eigenvalue weighted by atomic mass is 10.0. The fourth-order valence-corrected chi connectivity index (χ4v) is 2.54. The van der Waals surface area contributed by atoms with Crippen molar-refractivity contribution in [1.82, 2.24) is 0 Å². The maximum absolute atomic E-state index is 2.38. The Morgan fingerprint density at radius 3 is 2.80 bits per heavy atom. The summed E-state index contributed by atoms with van der Waals surface area (Å²) in [6.45, 7) is 2.29. The second-order valence-corrected chi connectivity index (χ2v) is 4.45. The van der Waals surface area contributed by atoms with Gasteiger partial charge < -0.3 is 4.90 Å². The highest BCUT2D eigenvalue weighted by Crippen LogP contribution is 2.35. The molecule has 0 N–H and O–H groups in total. The Morgan fingerprint density at radius 2 is 1.93 bits per heavy atom. The number of benzene rings is 2. The van der Waals surface area contributed by atoms with Gasteiger partial charge in [0.15, 0.2) is 0 Å². The number of rotatable bonds is 0. The van der Waals surface area contributed by atoms with Gasteiger partial charge in [-0.15, -0.1) is 0 Å². The van der Waals surface area contributed by atoms with Crippen molar-refractivity contribution in [2.75, 3.05) is 11.9 Å². The van der Waals surface area contributed by atoms with E-state index in [0.717, 1.165) is 0 Å². The van der Waals surface area contributed by atoms with E-state index < -0.39 is 0 Å². The molecule has 0 fully saturated rings. The molecule has 0 bridgehead atoms. The monoisotopic (exact) mass is 197 g/mol. The van der Waals surface area contributed by atoms with Crippen LogP contribution in [0.2, 0.25) is 0 Å². The van der Waals surface area contributed by atoms with Crippen LogP contribution in [0.1, 0.15) is 12.5 Å². The fraction of sp³-hybridized carbons (Fsp3) is 0.286. The lowest BCUT2D eigenvalue weighted by Crippen LogP contribution is -2.23. The van der Waals surface area contributed by atoms with Crippen molar-refractivity contribution in [2.45, 2.75) is 19.4 Å². The first-order chi connectivity index (χ1) is 7.27. The highest BCUT2D eigenvalue weighted by Gasteiger charge is 2.23. The number of nitrogens with zero attached hydrogens (tertiary/aromatic N) is 1. The Hall–Kier alpha value is -1.50. The van der Waals surface area contributed by atoms with Crippen LogP contribution in [-0.4, -0.2) is 13.1 Å². The van der Waals surface area contributed by atoms with Crippen LogP contribution in [0.4, 0.5) is 5.69 Å². The van der Waals surface area contributed by atoms with E-state index in [9.17, 15) is 0 Å². The van der Waals surface area contributed by atoms with Crippen molar-refractivity contribution in [3.05, 3.63) is 42.0 Å². The molecule has 1 atom stereocenters. The van der Waals surface area contributed by atoms with Gasteiger partial charge in [0.2, 0.25) is 0 Å². The molecular formula is C14H15N. The van der Waals surface area contributed by atoms with Crippen LogP contribution in [-0.2, 0) is 6.42 Å². The fourth-order valence-electron chi connectivity index (χ4n) is 2.54. The lowest BCUT2D eigenvalue weighted by molar-refractivity contribution is 0.733. The number of fused-ring (bicyclic) bond motifs is 3. The summed E-state index contributed by atoms with van der Waals surface area (Å²) in [4.78, 5) is 2.38. The van der Waals surface area contributed by atoms with Crippen LogP contribution < -0.4 is 4.90 Å². The van der Waals surface area contributed by atoms with E-state index in [1.807, 2.05) is 0 Å². The Labute approximate surface area is 90.3 Å². The van der Waals surface area contributed by atoms with Crippen molar-refractivity contribution in [3.63, 3.8) is 0 Å². The summed E-state index contributed by atoms with van der Waals surface area (Å²) < 4.78 is 0. The molecule has 0 unspecified atom stereocenters. The summed E-state index contributed by atoms with van der Waals surface area (Å²) in [5, 5.41) is 2.78.